The van der Waals surface area contributed by atoms with Gasteiger partial charge in [-0.15, -0.1) is 0 Å². The van der Waals surface area contributed by atoms with Crippen molar-refractivity contribution < 1.29 is 0 Å². The average Bonchev–Trinajstić information content (AvgIpc) is 2.77. The van der Waals surface area contributed by atoms with E-state index in [0.29, 0.717) is 11.4 Å². The zero-order valence-electron chi connectivity index (χ0n) is 8.88. The van der Waals surface area contributed by atoms with E-state index in [-0.39, 0.29) is 0 Å². The van der Waals surface area contributed by atoms with Gasteiger partial charge in [-0.25, -0.2) is 9.67 Å². The van der Waals surface area contributed by atoms with Gasteiger partial charge in [-0.1, -0.05) is 6.58 Å². The minimum atomic E-state index is 0.583. The van der Waals surface area contributed by atoms with Crippen LogP contribution < -0.4 is 0 Å². The third-order valence-corrected chi connectivity index (χ3v) is 2.27. The van der Waals surface area contributed by atoms with Crippen molar-refractivity contribution in [3.05, 3.63) is 47.9 Å². The van der Waals surface area contributed by atoms with Crippen LogP contribution in [-0.4, -0.2) is 14.8 Å². The molecule has 0 aliphatic rings. The third-order valence-electron chi connectivity index (χ3n) is 2.27. The molecule has 2 aromatic rings. The van der Waals surface area contributed by atoms with Gasteiger partial charge >= 0.3 is 0 Å². The van der Waals surface area contributed by atoms with E-state index >= 15 is 0 Å². The Morgan fingerprint density at radius 2 is 2.38 bits per heavy atom. The molecule has 4 heteroatoms. The van der Waals surface area contributed by atoms with Crippen LogP contribution in [0.2, 0.25) is 0 Å². The standard InChI is InChI=1S/C12H10N4/c1-3-11-4-5-16(15-11)12-6-9(2)10(7-13)8-14-12/h3-6,8H,1H2,2H3. The molecule has 2 heterocycles. The number of nitriles is 1. The topological polar surface area (TPSA) is 54.5 Å². The summed E-state index contributed by atoms with van der Waals surface area (Å²) in [4.78, 5) is 4.17. The van der Waals surface area contributed by atoms with Gasteiger partial charge in [0.05, 0.1) is 11.3 Å². The van der Waals surface area contributed by atoms with Crippen LogP contribution >= 0.6 is 0 Å². The van der Waals surface area contributed by atoms with Gasteiger partial charge in [0, 0.05) is 12.4 Å². The molecule has 0 amide bonds. The molecule has 0 bridgehead atoms. The summed E-state index contributed by atoms with van der Waals surface area (Å²) in [5, 5.41) is 13.0. The third kappa shape index (κ3) is 1.71. The molecule has 0 unspecified atom stereocenters. The lowest BCUT2D eigenvalue weighted by molar-refractivity contribution is 0.840. The van der Waals surface area contributed by atoms with Crippen LogP contribution in [0.15, 0.2) is 31.1 Å². The molecule has 0 atom stereocenters. The van der Waals surface area contributed by atoms with E-state index in [0.717, 1.165) is 11.3 Å². The SMILES string of the molecule is C=Cc1ccn(-c2cc(C)c(C#N)cn2)n1. The Bertz CT molecular complexity index is 575. The number of hydrogen-bond donors (Lipinski definition) is 0. The second-order valence-electron chi connectivity index (χ2n) is 3.36. The maximum atomic E-state index is 8.80. The summed E-state index contributed by atoms with van der Waals surface area (Å²) >= 11 is 0. The monoisotopic (exact) mass is 210 g/mol. The van der Waals surface area contributed by atoms with Crippen molar-refractivity contribution in [1.82, 2.24) is 14.8 Å². The van der Waals surface area contributed by atoms with Gasteiger partial charge < -0.3 is 0 Å². The Balaban J connectivity index is 2.45. The molecular weight excluding hydrogens is 200 g/mol. The summed E-state index contributed by atoms with van der Waals surface area (Å²) in [5.74, 6) is 0.699. The lowest BCUT2D eigenvalue weighted by Crippen LogP contribution is -1.99. The summed E-state index contributed by atoms with van der Waals surface area (Å²) in [7, 11) is 0. The zero-order chi connectivity index (χ0) is 11.5. The number of aryl methyl sites for hydroxylation is 1. The largest absolute Gasteiger partial charge is 0.236 e. The predicted octanol–water partition coefficient (Wildman–Crippen LogP) is 2.09. The fourth-order valence-corrected chi connectivity index (χ4v) is 1.36. The number of aromatic nitrogens is 3. The van der Waals surface area contributed by atoms with E-state index in [2.05, 4.69) is 22.7 Å². The first-order chi connectivity index (χ1) is 7.74. The Kier molecular flexibility index (Phi) is 2.52. The number of rotatable bonds is 2. The highest BCUT2D eigenvalue weighted by Crippen LogP contribution is 2.10. The van der Waals surface area contributed by atoms with Crippen LogP contribution in [0.5, 0.6) is 0 Å². The Labute approximate surface area is 93.5 Å². The lowest BCUT2D eigenvalue weighted by Gasteiger charge is -2.02. The molecule has 0 saturated carbocycles. The van der Waals surface area contributed by atoms with Gasteiger partial charge in [0.1, 0.15) is 6.07 Å². The van der Waals surface area contributed by atoms with Crippen LogP contribution in [0, 0.1) is 18.3 Å². The molecule has 0 aromatic carbocycles. The van der Waals surface area contributed by atoms with Gasteiger partial charge in [-0.05, 0) is 30.7 Å². The lowest BCUT2D eigenvalue weighted by atomic mass is 10.2. The van der Waals surface area contributed by atoms with E-state index in [1.165, 1.54) is 0 Å². The van der Waals surface area contributed by atoms with Gasteiger partial charge in [-0.2, -0.15) is 10.4 Å². The van der Waals surface area contributed by atoms with Crippen LogP contribution in [0.4, 0.5) is 0 Å². The summed E-state index contributed by atoms with van der Waals surface area (Å²) in [6.07, 6.45) is 5.04. The van der Waals surface area contributed by atoms with Gasteiger partial charge in [0.25, 0.3) is 0 Å². The Morgan fingerprint density at radius 3 is 2.94 bits per heavy atom. The number of nitrogens with zero attached hydrogens (tertiary/aromatic N) is 4. The van der Waals surface area contributed by atoms with Crippen molar-refractivity contribution in [2.45, 2.75) is 6.92 Å². The number of pyridine rings is 1. The molecule has 4 nitrogen and oxygen atoms in total. The van der Waals surface area contributed by atoms with Crippen molar-refractivity contribution in [3.63, 3.8) is 0 Å². The molecule has 0 aliphatic heterocycles. The summed E-state index contributed by atoms with van der Waals surface area (Å²) in [6, 6.07) is 5.76. The molecule has 78 valence electrons. The van der Waals surface area contributed by atoms with Crippen molar-refractivity contribution >= 4 is 6.08 Å². The molecule has 16 heavy (non-hydrogen) atoms. The fraction of sp³-hybridized carbons (Fsp3) is 0.0833. The summed E-state index contributed by atoms with van der Waals surface area (Å²) in [5.41, 5.74) is 2.27. The molecule has 2 aromatic heterocycles. The summed E-state index contributed by atoms with van der Waals surface area (Å²) < 4.78 is 1.66. The van der Waals surface area contributed by atoms with E-state index in [9.17, 15) is 0 Å². The van der Waals surface area contributed by atoms with Crippen molar-refractivity contribution in [2.75, 3.05) is 0 Å². The quantitative estimate of drug-likeness (QED) is 0.762. The van der Waals surface area contributed by atoms with E-state index < -0.39 is 0 Å². The van der Waals surface area contributed by atoms with Crippen molar-refractivity contribution in [1.29, 1.82) is 5.26 Å². The minimum Gasteiger partial charge on any atom is -0.236 e. The molecule has 0 N–H and O–H groups in total. The maximum absolute atomic E-state index is 8.80. The molecule has 0 fully saturated rings. The second-order valence-corrected chi connectivity index (χ2v) is 3.36. The molecule has 0 aliphatic carbocycles. The first kappa shape index (κ1) is 10.1. The highest BCUT2D eigenvalue weighted by Gasteiger charge is 2.03. The zero-order valence-corrected chi connectivity index (χ0v) is 8.88. The van der Waals surface area contributed by atoms with Gasteiger partial charge in [0.15, 0.2) is 5.82 Å². The first-order valence-electron chi connectivity index (χ1n) is 4.80. The Morgan fingerprint density at radius 1 is 1.56 bits per heavy atom. The summed E-state index contributed by atoms with van der Waals surface area (Å²) in [6.45, 7) is 5.52. The Hall–Kier alpha value is -2.41. The fourth-order valence-electron chi connectivity index (χ4n) is 1.36. The van der Waals surface area contributed by atoms with Crippen molar-refractivity contribution in [2.24, 2.45) is 0 Å². The molecule has 0 spiro atoms. The van der Waals surface area contributed by atoms with E-state index in [1.807, 2.05) is 25.3 Å². The first-order valence-corrected chi connectivity index (χ1v) is 4.80. The molecule has 0 saturated heterocycles. The maximum Gasteiger partial charge on any atom is 0.153 e. The van der Waals surface area contributed by atoms with Crippen LogP contribution in [0.1, 0.15) is 16.8 Å². The molecular formula is C12H10N4. The van der Waals surface area contributed by atoms with Crippen molar-refractivity contribution in [3.8, 4) is 11.9 Å². The number of hydrogen-bond acceptors (Lipinski definition) is 3. The van der Waals surface area contributed by atoms with Crippen LogP contribution in [0.25, 0.3) is 11.9 Å². The van der Waals surface area contributed by atoms with E-state index in [4.69, 9.17) is 5.26 Å². The predicted molar refractivity (Wildman–Crippen MR) is 60.9 cm³/mol. The van der Waals surface area contributed by atoms with E-state index in [1.54, 1.807) is 17.0 Å². The van der Waals surface area contributed by atoms with Gasteiger partial charge in [0.2, 0.25) is 0 Å². The van der Waals surface area contributed by atoms with Gasteiger partial charge in [-0.3, -0.25) is 0 Å². The normalized spacial score (nSPS) is 9.75. The highest BCUT2D eigenvalue weighted by molar-refractivity contribution is 5.43. The second kappa shape index (κ2) is 3.99. The smallest absolute Gasteiger partial charge is 0.153 e. The average molecular weight is 210 g/mol. The highest BCUT2D eigenvalue weighted by atomic mass is 15.3. The minimum absolute atomic E-state index is 0.583. The molecule has 2 rings (SSSR count). The van der Waals surface area contributed by atoms with Crippen LogP contribution in [-0.2, 0) is 0 Å². The van der Waals surface area contributed by atoms with Crippen LogP contribution in [0.3, 0.4) is 0 Å². The molecule has 0 radical (unpaired) electrons.